The Morgan fingerprint density at radius 3 is 1.68 bits per heavy atom. The van der Waals surface area contributed by atoms with Crippen molar-refractivity contribution in [2.45, 2.75) is 161 Å². The van der Waals surface area contributed by atoms with Gasteiger partial charge in [0, 0.05) is 12.8 Å². The average molecular weight is 822 g/mol. The van der Waals surface area contributed by atoms with Crippen molar-refractivity contribution < 1.29 is 47.2 Å². The molecule has 0 aromatic carbocycles. The van der Waals surface area contributed by atoms with E-state index in [1.165, 1.54) is 57.8 Å². The van der Waals surface area contributed by atoms with Gasteiger partial charge in [0.1, 0.15) is 19.8 Å². The third-order valence-electron chi connectivity index (χ3n) is 8.86. The first-order chi connectivity index (χ1) is 27.4. The molecule has 0 rings (SSSR count). The zero-order valence-electron chi connectivity index (χ0n) is 36.4. The van der Waals surface area contributed by atoms with Crippen LogP contribution >= 0.6 is 7.82 Å². The van der Waals surface area contributed by atoms with Crippen LogP contribution in [0.25, 0.3) is 0 Å². The molecular formula is C46H80NO9P. The van der Waals surface area contributed by atoms with Gasteiger partial charge < -0.3 is 33.0 Å². The van der Waals surface area contributed by atoms with E-state index in [0.29, 0.717) is 17.4 Å². The summed E-state index contributed by atoms with van der Waals surface area (Å²) in [5.41, 5.74) is 0. The Morgan fingerprint density at radius 2 is 1.16 bits per heavy atom. The standard InChI is InChI=1S/C46H80NO9P/c1-6-8-10-12-14-16-18-20-21-22-24-25-27-29-31-33-35-43(48)37-38-46(50)56-44(42-55-57(51,52)54-40-39-47(3,4)5)41-53-45(49)36-34-32-30-28-26-23-19-17-15-13-11-9-7-2/h8,10,14,16,20-21,24-25,29,31,33,35,43-44,48H,6-7,9,11-13,15,17-19,22-23,26-28,30,32,34,36-42H2,1-5H3/b10-8-,16-14-,21-20-,25-24-,31-29-,35-33-/t43?,44-/m1/s1. The fourth-order valence-electron chi connectivity index (χ4n) is 5.41. The smallest absolute Gasteiger partial charge is 0.306 e. The van der Waals surface area contributed by atoms with Crippen LogP contribution in [0.5, 0.6) is 0 Å². The van der Waals surface area contributed by atoms with Gasteiger partial charge >= 0.3 is 11.9 Å². The first kappa shape index (κ1) is 54.4. The van der Waals surface area contributed by atoms with Gasteiger partial charge in [0.15, 0.2) is 6.10 Å². The van der Waals surface area contributed by atoms with E-state index in [2.05, 4.69) is 62.5 Å². The molecule has 3 atom stereocenters. The van der Waals surface area contributed by atoms with Crippen molar-refractivity contribution in [3.63, 3.8) is 0 Å². The first-order valence-corrected chi connectivity index (χ1v) is 23.2. The lowest BCUT2D eigenvalue weighted by atomic mass is 10.0. The normalized spacial score (nSPS) is 14.9. The van der Waals surface area contributed by atoms with E-state index in [0.717, 1.165) is 51.4 Å². The molecule has 0 aliphatic heterocycles. The Hall–Kier alpha value is -2.59. The number of aliphatic hydroxyl groups is 1. The number of phosphoric ester groups is 1. The highest BCUT2D eigenvalue weighted by Crippen LogP contribution is 2.38. The molecule has 0 heterocycles. The molecule has 0 amide bonds. The van der Waals surface area contributed by atoms with Gasteiger partial charge in [0.05, 0.1) is 33.9 Å². The molecule has 0 aliphatic rings. The summed E-state index contributed by atoms with van der Waals surface area (Å²) in [5.74, 6) is -1.12. The molecule has 2 unspecified atom stereocenters. The van der Waals surface area contributed by atoms with Crippen molar-refractivity contribution >= 4 is 19.8 Å². The molecule has 0 fully saturated rings. The second-order valence-corrected chi connectivity index (χ2v) is 16.9. The number of carbonyl (C=O) groups is 2. The number of aliphatic hydroxyl groups excluding tert-OH is 1. The fraction of sp³-hybridized carbons (Fsp3) is 0.696. The maximum atomic E-state index is 12.7. The topological polar surface area (TPSA) is 131 Å². The van der Waals surface area contributed by atoms with Crippen LogP contribution in [-0.4, -0.2) is 81.2 Å². The van der Waals surface area contributed by atoms with Crippen molar-refractivity contribution in [1.29, 1.82) is 0 Å². The number of phosphoric acid groups is 1. The first-order valence-electron chi connectivity index (χ1n) is 21.8. The van der Waals surface area contributed by atoms with Crippen LogP contribution in [0.4, 0.5) is 0 Å². The number of nitrogens with zero attached hydrogens (tertiary/aromatic N) is 1. The zero-order chi connectivity index (χ0) is 42.3. The molecule has 0 aromatic rings. The Labute approximate surface area is 347 Å². The predicted octanol–water partition coefficient (Wildman–Crippen LogP) is 10.6. The lowest BCUT2D eigenvalue weighted by Gasteiger charge is -2.28. The Kier molecular flexibility index (Phi) is 36.0. The number of rotatable bonds is 38. The molecule has 0 bridgehead atoms. The fourth-order valence-corrected chi connectivity index (χ4v) is 6.14. The van der Waals surface area contributed by atoms with Gasteiger partial charge in [0.25, 0.3) is 7.82 Å². The van der Waals surface area contributed by atoms with E-state index in [4.69, 9.17) is 18.5 Å². The summed E-state index contributed by atoms with van der Waals surface area (Å²) < 4.78 is 33.6. The van der Waals surface area contributed by atoms with E-state index in [1.807, 2.05) is 33.3 Å². The van der Waals surface area contributed by atoms with Crippen LogP contribution in [0.2, 0.25) is 0 Å². The zero-order valence-corrected chi connectivity index (χ0v) is 37.3. The molecule has 328 valence electrons. The number of carbonyl (C=O) groups excluding carboxylic acids is 2. The summed E-state index contributed by atoms with van der Waals surface area (Å²) in [6.45, 7) is 3.81. The SMILES string of the molecule is CC/C=C\C/C=C\C/C=C\C/C=C\C/C=C\C=C/C(O)CCC(=O)O[C@H](COC(=O)CCCCCCCCCCCCCCC)COP(=O)([O-])OCC[N+](C)(C)C. The summed E-state index contributed by atoms with van der Waals surface area (Å²) in [5, 5.41) is 10.3. The van der Waals surface area contributed by atoms with E-state index in [-0.39, 0.29) is 32.5 Å². The Morgan fingerprint density at radius 1 is 0.649 bits per heavy atom. The van der Waals surface area contributed by atoms with Crippen LogP contribution in [0, 0.1) is 0 Å². The van der Waals surface area contributed by atoms with Crippen LogP contribution < -0.4 is 4.89 Å². The number of hydrogen-bond acceptors (Lipinski definition) is 9. The molecule has 0 radical (unpaired) electrons. The number of likely N-dealkylation sites (N-methyl/N-ethyl adjacent to an activating group) is 1. The highest BCUT2D eigenvalue weighted by Gasteiger charge is 2.22. The number of unbranched alkanes of at least 4 members (excludes halogenated alkanes) is 12. The minimum Gasteiger partial charge on any atom is -0.756 e. The lowest BCUT2D eigenvalue weighted by Crippen LogP contribution is -2.37. The van der Waals surface area contributed by atoms with Gasteiger partial charge in [0.2, 0.25) is 0 Å². The van der Waals surface area contributed by atoms with Crippen molar-refractivity contribution in [2.24, 2.45) is 0 Å². The van der Waals surface area contributed by atoms with Gasteiger partial charge in [-0.1, -0.05) is 164 Å². The molecule has 0 saturated carbocycles. The van der Waals surface area contributed by atoms with Crippen molar-refractivity contribution in [3.8, 4) is 0 Å². The molecule has 0 saturated heterocycles. The van der Waals surface area contributed by atoms with Gasteiger partial charge in [-0.25, -0.2) is 0 Å². The summed E-state index contributed by atoms with van der Waals surface area (Å²) in [6.07, 6.45) is 42.6. The largest absolute Gasteiger partial charge is 0.756 e. The lowest BCUT2D eigenvalue weighted by molar-refractivity contribution is -0.870. The highest BCUT2D eigenvalue weighted by atomic mass is 31.2. The van der Waals surface area contributed by atoms with E-state index in [9.17, 15) is 24.2 Å². The van der Waals surface area contributed by atoms with Gasteiger partial charge in [-0.3, -0.25) is 14.2 Å². The molecule has 0 aromatic heterocycles. The number of ether oxygens (including phenoxy) is 2. The Bertz CT molecular complexity index is 1220. The molecule has 57 heavy (non-hydrogen) atoms. The highest BCUT2D eigenvalue weighted by molar-refractivity contribution is 7.45. The average Bonchev–Trinajstić information content (AvgIpc) is 3.16. The minimum atomic E-state index is -4.69. The van der Waals surface area contributed by atoms with E-state index < -0.39 is 38.6 Å². The second kappa shape index (κ2) is 37.7. The number of allylic oxidation sites excluding steroid dienone is 11. The molecular weight excluding hydrogens is 741 g/mol. The van der Waals surface area contributed by atoms with E-state index >= 15 is 0 Å². The van der Waals surface area contributed by atoms with Crippen molar-refractivity contribution in [3.05, 3.63) is 72.9 Å². The number of hydrogen-bond donors (Lipinski definition) is 1. The molecule has 0 spiro atoms. The van der Waals surface area contributed by atoms with Gasteiger partial charge in [-0.2, -0.15) is 0 Å². The van der Waals surface area contributed by atoms with Crippen molar-refractivity contribution in [1.82, 2.24) is 0 Å². The van der Waals surface area contributed by atoms with Gasteiger partial charge in [-0.05, 0) is 44.9 Å². The number of quaternary nitrogens is 1. The van der Waals surface area contributed by atoms with Crippen LogP contribution in [-0.2, 0) is 32.7 Å². The third kappa shape index (κ3) is 41.4. The molecule has 0 aliphatic carbocycles. The van der Waals surface area contributed by atoms with Crippen LogP contribution in [0.1, 0.15) is 149 Å². The minimum absolute atomic E-state index is 0.0755. The maximum Gasteiger partial charge on any atom is 0.306 e. The molecule has 1 N–H and O–H groups in total. The molecule has 11 heteroatoms. The van der Waals surface area contributed by atoms with Crippen LogP contribution in [0.3, 0.4) is 0 Å². The summed E-state index contributed by atoms with van der Waals surface area (Å²) in [7, 11) is 1.01. The van der Waals surface area contributed by atoms with E-state index in [1.54, 1.807) is 12.2 Å². The predicted molar refractivity (Wildman–Crippen MR) is 232 cm³/mol. The second-order valence-electron chi connectivity index (χ2n) is 15.5. The third-order valence-corrected chi connectivity index (χ3v) is 9.82. The summed E-state index contributed by atoms with van der Waals surface area (Å²) in [4.78, 5) is 37.5. The molecule has 10 nitrogen and oxygen atoms in total. The van der Waals surface area contributed by atoms with Crippen LogP contribution in [0.15, 0.2) is 72.9 Å². The monoisotopic (exact) mass is 822 g/mol. The quantitative estimate of drug-likeness (QED) is 0.0161. The Balaban J connectivity index is 4.63. The van der Waals surface area contributed by atoms with Gasteiger partial charge in [-0.15, -0.1) is 0 Å². The maximum absolute atomic E-state index is 12.7. The van der Waals surface area contributed by atoms with Crippen molar-refractivity contribution in [2.75, 3.05) is 47.5 Å². The summed E-state index contributed by atoms with van der Waals surface area (Å²) in [6, 6.07) is 0. The summed E-state index contributed by atoms with van der Waals surface area (Å²) >= 11 is 0. The number of esters is 2.